The van der Waals surface area contributed by atoms with Crippen LogP contribution in [0, 0.1) is 0 Å². The number of carboxylic acids is 2. The molecule has 2 N–H and O–H groups in total. The van der Waals surface area contributed by atoms with Crippen LogP contribution in [-0.4, -0.2) is 59.4 Å². The molecular formula is C18H33LiNO5+. The summed E-state index contributed by atoms with van der Waals surface area (Å²) in [5.74, 6) is -1.90. The topological polar surface area (TPSA) is 97.7 Å². The molecule has 0 aliphatic heterocycles. The van der Waals surface area contributed by atoms with Gasteiger partial charge in [-0.15, -0.1) is 0 Å². The van der Waals surface area contributed by atoms with Crippen LogP contribution in [0.4, 0.5) is 0 Å². The zero-order valence-corrected chi connectivity index (χ0v) is 15.9. The largest absolute Gasteiger partial charge is 1.00 e. The van der Waals surface area contributed by atoms with Gasteiger partial charge in [0.25, 0.3) is 0 Å². The molecule has 0 aliphatic rings. The fourth-order valence-electron chi connectivity index (χ4n) is 2.91. The molecule has 0 rings (SSSR count). The van der Waals surface area contributed by atoms with Crippen LogP contribution in [0.25, 0.3) is 0 Å². The number of aliphatic hydroxyl groups excluding tert-OH is 1. The number of carbonyl (C=O) groups excluding carboxylic acids is 1. The third kappa shape index (κ3) is 15.2. The molecule has 140 valence electrons. The first-order valence-electron chi connectivity index (χ1n) is 8.98. The van der Waals surface area contributed by atoms with Gasteiger partial charge in [-0.25, -0.2) is 0 Å². The SMILES string of the molecule is CCCC/C=C/CC[N+](CCO)(CCCC(=O)[O-])CCCC(=O)O.[Li+]. The van der Waals surface area contributed by atoms with Gasteiger partial charge in [0.05, 0.1) is 32.7 Å². The second-order valence-corrected chi connectivity index (χ2v) is 6.33. The van der Waals surface area contributed by atoms with E-state index in [2.05, 4.69) is 19.1 Å². The van der Waals surface area contributed by atoms with E-state index in [9.17, 15) is 19.8 Å². The number of aliphatic hydroxyl groups is 1. The first kappa shape index (κ1) is 26.4. The Kier molecular flexibility index (Phi) is 17.6. The van der Waals surface area contributed by atoms with E-state index in [0.29, 0.717) is 37.0 Å². The van der Waals surface area contributed by atoms with Crippen LogP contribution < -0.4 is 24.0 Å². The van der Waals surface area contributed by atoms with Crippen molar-refractivity contribution < 1.29 is 48.3 Å². The van der Waals surface area contributed by atoms with E-state index in [4.69, 9.17) is 5.11 Å². The van der Waals surface area contributed by atoms with Crippen LogP contribution in [0.1, 0.15) is 58.3 Å². The van der Waals surface area contributed by atoms with Crippen molar-refractivity contribution in [3.05, 3.63) is 12.2 Å². The molecule has 0 aromatic rings. The summed E-state index contributed by atoms with van der Waals surface area (Å²) < 4.78 is 0.565. The monoisotopic (exact) mass is 350 g/mol. The minimum Gasteiger partial charge on any atom is -0.550 e. The standard InChI is InChI=1S/C18H33NO5.Li/c1-2-3-4-5-6-7-12-19(15-16-20,13-8-10-17(21)22)14-9-11-18(23)24;/h5-6,20H,2-4,7-16H2,1H3,(H-,21,22,23,24);/q;+1/b6-5+;. The van der Waals surface area contributed by atoms with Crippen molar-refractivity contribution in [2.24, 2.45) is 0 Å². The van der Waals surface area contributed by atoms with E-state index >= 15 is 0 Å². The summed E-state index contributed by atoms with van der Waals surface area (Å²) in [4.78, 5) is 21.4. The van der Waals surface area contributed by atoms with Crippen molar-refractivity contribution in [2.75, 3.05) is 32.8 Å². The molecule has 0 aromatic carbocycles. The van der Waals surface area contributed by atoms with Crippen molar-refractivity contribution >= 4 is 11.9 Å². The number of nitrogens with zero attached hydrogens (tertiary/aromatic N) is 1. The summed E-state index contributed by atoms with van der Waals surface area (Å²) in [6, 6.07) is 0. The van der Waals surface area contributed by atoms with Crippen LogP contribution in [0.2, 0.25) is 0 Å². The van der Waals surface area contributed by atoms with Crippen LogP contribution in [0.5, 0.6) is 0 Å². The molecule has 0 aromatic heterocycles. The van der Waals surface area contributed by atoms with Gasteiger partial charge in [0, 0.05) is 25.2 Å². The third-order valence-electron chi connectivity index (χ3n) is 4.27. The number of carboxylic acid groups (broad SMARTS) is 2. The zero-order valence-electron chi connectivity index (χ0n) is 15.9. The maximum absolute atomic E-state index is 10.8. The maximum atomic E-state index is 10.8. The Morgan fingerprint density at radius 1 is 0.960 bits per heavy atom. The van der Waals surface area contributed by atoms with Crippen LogP contribution in [0.15, 0.2) is 12.2 Å². The quantitative estimate of drug-likeness (QED) is 0.150. The van der Waals surface area contributed by atoms with Crippen molar-refractivity contribution in [2.45, 2.75) is 58.3 Å². The molecule has 0 saturated heterocycles. The fourth-order valence-corrected chi connectivity index (χ4v) is 2.91. The molecule has 1 atom stereocenters. The predicted octanol–water partition coefficient (Wildman–Crippen LogP) is -1.67. The fraction of sp³-hybridized carbons (Fsp3) is 0.778. The molecule has 0 fully saturated rings. The van der Waals surface area contributed by atoms with E-state index in [-0.39, 0.29) is 38.3 Å². The third-order valence-corrected chi connectivity index (χ3v) is 4.27. The smallest absolute Gasteiger partial charge is 0.550 e. The van der Waals surface area contributed by atoms with Gasteiger partial charge in [-0.3, -0.25) is 4.79 Å². The molecule has 7 heteroatoms. The number of carbonyl (C=O) groups is 2. The molecule has 0 amide bonds. The molecule has 25 heavy (non-hydrogen) atoms. The predicted molar refractivity (Wildman–Crippen MR) is 91.2 cm³/mol. The molecule has 0 aliphatic carbocycles. The Balaban J connectivity index is 0. The average molecular weight is 350 g/mol. The summed E-state index contributed by atoms with van der Waals surface area (Å²) in [5, 5.41) is 28.9. The second kappa shape index (κ2) is 16.7. The number of hydrogen-bond acceptors (Lipinski definition) is 4. The van der Waals surface area contributed by atoms with Gasteiger partial charge in [-0.2, -0.15) is 0 Å². The second-order valence-electron chi connectivity index (χ2n) is 6.33. The minimum absolute atomic E-state index is 0. The molecule has 0 saturated carbocycles. The Hall–Kier alpha value is -0.803. The van der Waals surface area contributed by atoms with Gasteiger partial charge in [-0.05, 0) is 12.8 Å². The van der Waals surface area contributed by atoms with Gasteiger partial charge in [0.1, 0.15) is 6.54 Å². The maximum Gasteiger partial charge on any atom is 1.00 e. The molecule has 0 heterocycles. The summed E-state index contributed by atoms with van der Waals surface area (Å²) in [5.41, 5.74) is 0. The van der Waals surface area contributed by atoms with Gasteiger partial charge in [-0.1, -0.05) is 31.9 Å². The van der Waals surface area contributed by atoms with E-state index in [1.165, 1.54) is 0 Å². The van der Waals surface area contributed by atoms with Crippen molar-refractivity contribution in [3.63, 3.8) is 0 Å². The molecule has 0 bridgehead atoms. The first-order valence-corrected chi connectivity index (χ1v) is 8.98. The van der Waals surface area contributed by atoms with Gasteiger partial charge >= 0.3 is 24.8 Å². The zero-order chi connectivity index (χ0) is 18.3. The molecule has 1 unspecified atom stereocenters. The minimum atomic E-state index is -1.07. The molecular weight excluding hydrogens is 317 g/mol. The Morgan fingerprint density at radius 3 is 2.08 bits per heavy atom. The van der Waals surface area contributed by atoms with Crippen molar-refractivity contribution in [1.82, 2.24) is 0 Å². The van der Waals surface area contributed by atoms with Gasteiger partial charge in [0.2, 0.25) is 0 Å². The molecule has 6 nitrogen and oxygen atoms in total. The van der Waals surface area contributed by atoms with E-state index in [1.807, 2.05) is 0 Å². The Bertz CT molecular complexity index is 368. The summed E-state index contributed by atoms with van der Waals surface area (Å²) >= 11 is 0. The number of allylic oxidation sites excluding steroid dienone is 1. The number of aliphatic carboxylic acids is 2. The summed E-state index contributed by atoms with van der Waals surface area (Å²) in [7, 11) is 0. The van der Waals surface area contributed by atoms with Crippen molar-refractivity contribution in [3.8, 4) is 0 Å². The van der Waals surface area contributed by atoms with E-state index in [1.54, 1.807) is 0 Å². The van der Waals surface area contributed by atoms with Crippen LogP contribution in [0.3, 0.4) is 0 Å². The molecule has 0 radical (unpaired) electrons. The first-order chi connectivity index (χ1) is 11.5. The Morgan fingerprint density at radius 2 is 1.56 bits per heavy atom. The number of quaternary nitrogens is 1. The van der Waals surface area contributed by atoms with Crippen LogP contribution in [-0.2, 0) is 9.59 Å². The Labute approximate surface area is 163 Å². The number of rotatable bonds is 16. The van der Waals surface area contributed by atoms with Gasteiger partial charge in [0.15, 0.2) is 0 Å². The van der Waals surface area contributed by atoms with Crippen molar-refractivity contribution in [1.29, 1.82) is 0 Å². The summed E-state index contributed by atoms with van der Waals surface area (Å²) in [6.07, 6.45) is 9.63. The van der Waals surface area contributed by atoms with Crippen LogP contribution >= 0.6 is 0 Å². The van der Waals surface area contributed by atoms with E-state index < -0.39 is 11.9 Å². The normalized spacial score (nSPS) is 13.4. The number of unbranched alkanes of at least 4 members (excludes halogenated alkanes) is 2. The average Bonchev–Trinajstić information content (AvgIpc) is 2.50. The number of hydrogen-bond donors (Lipinski definition) is 2. The molecule has 0 spiro atoms. The van der Waals surface area contributed by atoms with E-state index in [0.717, 1.165) is 32.2 Å². The summed E-state index contributed by atoms with van der Waals surface area (Å²) in [6.45, 7) is 4.74. The van der Waals surface area contributed by atoms with Gasteiger partial charge < -0.3 is 24.6 Å².